The second-order valence-corrected chi connectivity index (χ2v) is 6.99. The fourth-order valence-electron chi connectivity index (χ4n) is 2.25. The molecule has 0 bridgehead atoms. The first-order valence-corrected chi connectivity index (χ1v) is 8.93. The van der Waals surface area contributed by atoms with Crippen molar-refractivity contribution in [1.82, 2.24) is 9.97 Å². The molecule has 0 radical (unpaired) electrons. The minimum Gasteiger partial charge on any atom is -0.345 e. The second-order valence-electron chi connectivity index (χ2n) is 4.97. The molecular formula is C16H21N3O2S. The third kappa shape index (κ3) is 3.57. The van der Waals surface area contributed by atoms with Crippen LogP contribution in [0.25, 0.3) is 5.57 Å². The summed E-state index contributed by atoms with van der Waals surface area (Å²) in [4.78, 5) is 7.18. The van der Waals surface area contributed by atoms with Gasteiger partial charge in [-0.1, -0.05) is 25.1 Å². The molecule has 0 aliphatic heterocycles. The van der Waals surface area contributed by atoms with E-state index in [4.69, 9.17) is 0 Å². The summed E-state index contributed by atoms with van der Waals surface area (Å²) in [6.45, 7) is 5.60. The van der Waals surface area contributed by atoms with Crippen LogP contribution < -0.4 is 4.72 Å². The maximum absolute atomic E-state index is 11.8. The number of nitrogens with zero attached hydrogens (tertiary/aromatic N) is 1. The Morgan fingerprint density at radius 1 is 1.36 bits per heavy atom. The van der Waals surface area contributed by atoms with E-state index >= 15 is 0 Å². The minimum absolute atomic E-state index is 0.0505. The lowest BCUT2D eigenvalue weighted by Crippen LogP contribution is -2.15. The van der Waals surface area contributed by atoms with E-state index in [0.717, 1.165) is 28.8 Å². The van der Waals surface area contributed by atoms with Gasteiger partial charge in [-0.05, 0) is 37.5 Å². The van der Waals surface area contributed by atoms with Crippen molar-refractivity contribution in [1.29, 1.82) is 0 Å². The topological polar surface area (TPSA) is 74.8 Å². The van der Waals surface area contributed by atoms with E-state index in [1.807, 2.05) is 19.1 Å². The van der Waals surface area contributed by atoms with Crippen molar-refractivity contribution < 1.29 is 8.42 Å². The maximum atomic E-state index is 11.8. The van der Waals surface area contributed by atoms with Gasteiger partial charge in [-0.2, -0.15) is 0 Å². The van der Waals surface area contributed by atoms with Gasteiger partial charge in [0.2, 0.25) is 10.0 Å². The number of aromatic amines is 1. The fraction of sp³-hybridized carbons (Fsp3) is 0.312. The normalized spacial score (nSPS) is 12.4. The number of nitrogens with one attached hydrogen (secondary N) is 2. The molecule has 0 fully saturated rings. The third-order valence-electron chi connectivity index (χ3n) is 3.47. The lowest BCUT2D eigenvalue weighted by molar-refractivity contribution is 0.602. The van der Waals surface area contributed by atoms with Gasteiger partial charge in [0.1, 0.15) is 0 Å². The summed E-state index contributed by atoms with van der Waals surface area (Å²) in [5, 5.41) is 0. The van der Waals surface area contributed by atoms with Crippen LogP contribution in [0.5, 0.6) is 0 Å². The zero-order chi connectivity index (χ0) is 16.2. The van der Waals surface area contributed by atoms with Gasteiger partial charge < -0.3 is 4.98 Å². The monoisotopic (exact) mass is 319 g/mol. The Kier molecular flexibility index (Phi) is 5.03. The molecule has 0 unspecified atom stereocenters. The van der Waals surface area contributed by atoms with Crippen molar-refractivity contribution in [2.45, 2.75) is 27.2 Å². The molecule has 5 nitrogen and oxygen atoms in total. The van der Waals surface area contributed by atoms with E-state index in [1.54, 1.807) is 25.5 Å². The summed E-state index contributed by atoms with van der Waals surface area (Å²) in [6, 6.07) is 5.62. The summed E-state index contributed by atoms with van der Waals surface area (Å²) in [5.74, 6) is 0.0505. The summed E-state index contributed by atoms with van der Waals surface area (Å²) in [7, 11) is -3.29. The highest BCUT2D eigenvalue weighted by Crippen LogP contribution is 2.29. The Morgan fingerprint density at radius 2 is 2.14 bits per heavy atom. The summed E-state index contributed by atoms with van der Waals surface area (Å²) < 4.78 is 26.3. The number of hydrogen-bond donors (Lipinski definition) is 2. The quantitative estimate of drug-likeness (QED) is 0.857. The smallest absolute Gasteiger partial charge is 0.232 e. The van der Waals surface area contributed by atoms with E-state index in [-0.39, 0.29) is 5.75 Å². The molecule has 6 heteroatoms. The molecule has 0 saturated carbocycles. The predicted molar refractivity (Wildman–Crippen MR) is 90.2 cm³/mol. The van der Waals surface area contributed by atoms with Crippen LogP contribution in [0.15, 0.2) is 36.8 Å². The van der Waals surface area contributed by atoms with Crippen LogP contribution in [0.4, 0.5) is 5.69 Å². The van der Waals surface area contributed by atoms with Gasteiger partial charge in [0.25, 0.3) is 0 Å². The molecule has 1 aromatic carbocycles. The molecule has 2 aromatic rings. The number of aromatic nitrogens is 2. The Balaban J connectivity index is 2.50. The van der Waals surface area contributed by atoms with Gasteiger partial charge in [0.15, 0.2) is 0 Å². The van der Waals surface area contributed by atoms with Gasteiger partial charge in [-0.25, -0.2) is 13.4 Å². The van der Waals surface area contributed by atoms with E-state index in [2.05, 4.69) is 27.7 Å². The van der Waals surface area contributed by atoms with Gasteiger partial charge in [-0.3, -0.25) is 4.72 Å². The summed E-state index contributed by atoms with van der Waals surface area (Å²) in [6.07, 6.45) is 6.38. The standard InChI is InChI=1S/C16H21N3O2S/c1-4-7-14(16-10-17-11-18-16)13-8-6-9-15(12(13)3)19-22(20,21)5-2/h6-11,19H,4-5H2,1-3H3,(H,17,18)/b14-7-. The molecule has 22 heavy (non-hydrogen) atoms. The van der Waals surface area contributed by atoms with Gasteiger partial charge >= 0.3 is 0 Å². The Labute approximate surface area is 131 Å². The first-order chi connectivity index (χ1) is 10.5. The molecule has 1 heterocycles. The Morgan fingerprint density at radius 3 is 2.73 bits per heavy atom. The molecule has 118 valence electrons. The zero-order valence-electron chi connectivity index (χ0n) is 13.1. The number of H-pyrrole nitrogens is 1. The van der Waals surface area contributed by atoms with Gasteiger partial charge in [-0.15, -0.1) is 0 Å². The molecule has 0 atom stereocenters. The molecule has 1 aromatic heterocycles. The molecule has 2 N–H and O–H groups in total. The van der Waals surface area contributed by atoms with Crippen LogP contribution in [0.3, 0.4) is 0 Å². The summed E-state index contributed by atoms with van der Waals surface area (Å²) >= 11 is 0. The SMILES string of the molecule is CC/C=C(\c1cnc[nH]1)c1cccc(NS(=O)(=O)CC)c1C. The lowest BCUT2D eigenvalue weighted by Gasteiger charge is -2.15. The molecule has 2 rings (SSSR count). The second kappa shape index (κ2) is 6.79. The highest BCUT2D eigenvalue weighted by Gasteiger charge is 2.14. The molecule has 0 amide bonds. The molecule has 0 aliphatic rings. The number of benzene rings is 1. The number of rotatable bonds is 6. The number of imidazole rings is 1. The van der Waals surface area contributed by atoms with Crippen molar-refractivity contribution >= 4 is 21.3 Å². The summed E-state index contributed by atoms with van der Waals surface area (Å²) in [5.41, 5.74) is 4.44. The van der Waals surface area contributed by atoms with Crippen molar-refractivity contribution in [3.8, 4) is 0 Å². The largest absolute Gasteiger partial charge is 0.345 e. The molecule has 0 saturated heterocycles. The fourth-order valence-corrected chi connectivity index (χ4v) is 2.95. The third-order valence-corrected chi connectivity index (χ3v) is 4.76. The van der Waals surface area contributed by atoms with Crippen LogP contribution in [0.2, 0.25) is 0 Å². The highest BCUT2D eigenvalue weighted by molar-refractivity contribution is 7.92. The van der Waals surface area contributed by atoms with Crippen LogP contribution in [0.1, 0.15) is 37.1 Å². The minimum atomic E-state index is -3.29. The van der Waals surface area contributed by atoms with Crippen LogP contribution in [-0.2, 0) is 10.0 Å². The van der Waals surface area contributed by atoms with Gasteiger partial charge in [0.05, 0.1) is 29.7 Å². The molecule has 0 spiro atoms. The van der Waals surface area contributed by atoms with Crippen LogP contribution in [-0.4, -0.2) is 24.1 Å². The first kappa shape index (κ1) is 16.3. The van der Waals surface area contributed by atoms with Crippen LogP contribution in [0, 0.1) is 6.92 Å². The van der Waals surface area contributed by atoms with E-state index < -0.39 is 10.0 Å². The number of sulfonamides is 1. The van der Waals surface area contributed by atoms with Crippen molar-refractivity contribution in [3.63, 3.8) is 0 Å². The maximum Gasteiger partial charge on any atom is 0.232 e. The lowest BCUT2D eigenvalue weighted by atomic mass is 9.96. The number of anilines is 1. The number of hydrogen-bond acceptors (Lipinski definition) is 3. The average molecular weight is 319 g/mol. The molecule has 0 aliphatic carbocycles. The Bertz CT molecular complexity index is 763. The van der Waals surface area contributed by atoms with Crippen molar-refractivity contribution in [2.75, 3.05) is 10.5 Å². The van der Waals surface area contributed by atoms with Crippen molar-refractivity contribution in [3.05, 3.63) is 53.6 Å². The highest BCUT2D eigenvalue weighted by atomic mass is 32.2. The Hall–Kier alpha value is -2.08. The van der Waals surface area contributed by atoms with E-state index in [9.17, 15) is 8.42 Å². The van der Waals surface area contributed by atoms with E-state index in [0.29, 0.717) is 5.69 Å². The van der Waals surface area contributed by atoms with Crippen LogP contribution >= 0.6 is 0 Å². The van der Waals surface area contributed by atoms with E-state index in [1.165, 1.54) is 0 Å². The zero-order valence-corrected chi connectivity index (χ0v) is 13.9. The predicted octanol–water partition coefficient (Wildman–Crippen LogP) is 3.32. The first-order valence-electron chi connectivity index (χ1n) is 7.28. The van der Waals surface area contributed by atoms with Gasteiger partial charge in [0, 0.05) is 5.57 Å². The average Bonchev–Trinajstić information content (AvgIpc) is 3.01. The van der Waals surface area contributed by atoms with Crippen molar-refractivity contribution in [2.24, 2.45) is 0 Å². The number of allylic oxidation sites excluding steroid dienone is 1. The molecular weight excluding hydrogens is 298 g/mol.